The lowest BCUT2D eigenvalue weighted by Gasteiger charge is -2.15. The zero-order chi connectivity index (χ0) is 14.2. The molecule has 2 aromatic rings. The summed E-state index contributed by atoms with van der Waals surface area (Å²) in [6.07, 6.45) is 0. The molecule has 0 aliphatic carbocycles. The summed E-state index contributed by atoms with van der Waals surface area (Å²) in [4.78, 5) is 4.56. The van der Waals surface area contributed by atoms with Gasteiger partial charge < -0.3 is 9.84 Å². The minimum atomic E-state index is 0.173. The normalized spacial score (nSPS) is 17.9. The van der Waals surface area contributed by atoms with E-state index in [1.807, 2.05) is 23.9 Å². The van der Waals surface area contributed by atoms with Gasteiger partial charge >= 0.3 is 0 Å². The molecule has 0 saturated carbocycles. The van der Waals surface area contributed by atoms with E-state index in [2.05, 4.69) is 48.4 Å². The standard InChI is InChI=1S/C15H19N3OS/c1-15(2,3)20-9-13-17-14(19-18-13)11-8-16-12-7-5-4-6-10(11)12/h4-7,11,16H,8-9H2,1-3H3. The summed E-state index contributed by atoms with van der Waals surface area (Å²) in [5, 5.41) is 7.48. The van der Waals surface area contributed by atoms with Crippen molar-refractivity contribution in [1.29, 1.82) is 0 Å². The molecule has 1 N–H and O–H groups in total. The third-order valence-corrected chi connectivity index (χ3v) is 4.52. The van der Waals surface area contributed by atoms with Gasteiger partial charge in [-0.15, -0.1) is 11.8 Å². The fourth-order valence-electron chi connectivity index (χ4n) is 2.25. The predicted octanol–water partition coefficient (Wildman–Crippen LogP) is 3.66. The van der Waals surface area contributed by atoms with Gasteiger partial charge in [0, 0.05) is 17.0 Å². The monoisotopic (exact) mass is 289 g/mol. The number of aromatic nitrogens is 2. The minimum Gasteiger partial charge on any atom is -0.384 e. The lowest BCUT2D eigenvalue weighted by Crippen LogP contribution is -2.08. The van der Waals surface area contributed by atoms with Crippen LogP contribution in [0.15, 0.2) is 28.8 Å². The largest absolute Gasteiger partial charge is 0.384 e. The molecule has 5 heteroatoms. The van der Waals surface area contributed by atoms with Crippen molar-refractivity contribution in [2.75, 3.05) is 11.9 Å². The van der Waals surface area contributed by atoms with Crippen molar-refractivity contribution < 1.29 is 4.52 Å². The summed E-state index contributed by atoms with van der Waals surface area (Å²) in [5.74, 6) is 2.46. The molecule has 0 spiro atoms. The molecule has 20 heavy (non-hydrogen) atoms. The smallest absolute Gasteiger partial charge is 0.236 e. The Morgan fingerprint density at radius 1 is 1.35 bits per heavy atom. The van der Waals surface area contributed by atoms with Crippen LogP contribution in [0.3, 0.4) is 0 Å². The van der Waals surface area contributed by atoms with Crippen molar-refractivity contribution >= 4 is 17.4 Å². The Kier molecular flexibility index (Phi) is 3.46. The summed E-state index contributed by atoms with van der Waals surface area (Å²) < 4.78 is 5.67. The van der Waals surface area contributed by atoms with Crippen LogP contribution in [-0.2, 0) is 5.75 Å². The number of thioether (sulfide) groups is 1. The Bertz CT molecular complexity index is 603. The molecular weight excluding hydrogens is 270 g/mol. The fourth-order valence-corrected chi connectivity index (χ4v) is 2.93. The summed E-state index contributed by atoms with van der Waals surface area (Å²) >= 11 is 1.83. The molecule has 1 aromatic heterocycles. The highest BCUT2D eigenvalue weighted by atomic mass is 32.2. The van der Waals surface area contributed by atoms with Crippen LogP contribution < -0.4 is 5.32 Å². The van der Waals surface area contributed by atoms with E-state index < -0.39 is 0 Å². The third kappa shape index (κ3) is 2.82. The molecule has 1 aliphatic heterocycles. The maximum atomic E-state index is 5.46. The Balaban J connectivity index is 1.75. The summed E-state index contributed by atoms with van der Waals surface area (Å²) in [7, 11) is 0. The summed E-state index contributed by atoms with van der Waals surface area (Å²) in [6, 6.07) is 8.29. The molecule has 106 valence electrons. The predicted molar refractivity (Wildman–Crippen MR) is 82.1 cm³/mol. The summed E-state index contributed by atoms with van der Waals surface area (Å²) in [6.45, 7) is 7.40. The number of hydrogen-bond acceptors (Lipinski definition) is 5. The van der Waals surface area contributed by atoms with Crippen LogP contribution in [-0.4, -0.2) is 21.4 Å². The van der Waals surface area contributed by atoms with Crippen LogP contribution >= 0.6 is 11.8 Å². The lowest BCUT2D eigenvalue weighted by molar-refractivity contribution is 0.366. The first kappa shape index (κ1) is 13.5. The number of nitrogens with one attached hydrogen (secondary N) is 1. The van der Waals surface area contributed by atoms with Crippen LogP contribution in [0.5, 0.6) is 0 Å². The number of hydrogen-bond donors (Lipinski definition) is 1. The average Bonchev–Trinajstić information content (AvgIpc) is 3.01. The number of nitrogens with zero attached hydrogens (tertiary/aromatic N) is 2. The molecule has 1 atom stereocenters. The van der Waals surface area contributed by atoms with Gasteiger partial charge in [0.2, 0.25) is 5.89 Å². The van der Waals surface area contributed by atoms with Crippen LogP contribution in [0.2, 0.25) is 0 Å². The fraction of sp³-hybridized carbons (Fsp3) is 0.467. The average molecular weight is 289 g/mol. The topological polar surface area (TPSA) is 51.0 Å². The van der Waals surface area contributed by atoms with Crippen molar-refractivity contribution in [3.05, 3.63) is 41.5 Å². The Labute approximate surface area is 123 Å². The molecular formula is C15H19N3OS. The van der Waals surface area contributed by atoms with E-state index in [1.54, 1.807) is 0 Å². The van der Waals surface area contributed by atoms with E-state index in [4.69, 9.17) is 4.52 Å². The van der Waals surface area contributed by atoms with Gasteiger partial charge in [-0.2, -0.15) is 4.98 Å². The highest BCUT2D eigenvalue weighted by Crippen LogP contribution is 2.35. The SMILES string of the molecule is CC(C)(C)SCc1noc(C2CNc3ccccc32)n1. The maximum absolute atomic E-state index is 5.46. The highest BCUT2D eigenvalue weighted by molar-refractivity contribution is 7.99. The van der Waals surface area contributed by atoms with Gasteiger partial charge in [-0.25, -0.2) is 0 Å². The molecule has 3 rings (SSSR count). The van der Waals surface area contributed by atoms with Crippen molar-refractivity contribution in [2.24, 2.45) is 0 Å². The number of fused-ring (bicyclic) bond motifs is 1. The number of anilines is 1. The van der Waals surface area contributed by atoms with Crippen LogP contribution in [0, 0.1) is 0 Å². The quantitative estimate of drug-likeness (QED) is 0.934. The molecule has 0 amide bonds. The van der Waals surface area contributed by atoms with Gasteiger partial charge in [-0.05, 0) is 11.6 Å². The molecule has 0 bridgehead atoms. The lowest BCUT2D eigenvalue weighted by atomic mass is 10.0. The van der Waals surface area contributed by atoms with Crippen molar-refractivity contribution in [2.45, 2.75) is 37.2 Å². The van der Waals surface area contributed by atoms with Crippen LogP contribution in [0.25, 0.3) is 0 Å². The van der Waals surface area contributed by atoms with Gasteiger partial charge in [-0.3, -0.25) is 0 Å². The van der Waals surface area contributed by atoms with Gasteiger partial charge in [0.1, 0.15) is 0 Å². The minimum absolute atomic E-state index is 0.173. The molecule has 0 fully saturated rings. The van der Waals surface area contributed by atoms with Gasteiger partial charge in [-0.1, -0.05) is 44.1 Å². The first-order valence-corrected chi connectivity index (χ1v) is 7.81. The number of benzene rings is 1. The molecule has 2 heterocycles. The van der Waals surface area contributed by atoms with Crippen molar-refractivity contribution in [3.63, 3.8) is 0 Å². The van der Waals surface area contributed by atoms with Crippen LogP contribution in [0.4, 0.5) is 5.69 Å². The van der Waals surface area contributed by atoms with Gasteiger partial charge in [0.25, 0.3) is 0 Å². The van der Waals surface area contributed by atoms with Crippen LogP contribution in [0.1, 0.15) is 44.0 Å². The molecule has 1 aliphatic rings. The molecule has 0 radical (unpaired) electrons. The zero-order valence-electron chi connectivity index (χ0n) is 12.0. The van der Waals surface area contributed by atoms with E-state index in [-0.39, 0.29) is 10.7 Å². The first-order chi connectivity index (χ1) is 9.53. The Hall–Kier alpha value is -1.49. The van der Waals surface area contributed by atoms with Gasteiger partial charge in [0.15, 0.2) is 5.82 Å². The van der Waals surface area contributed by atoms with E-state index in [9.17, 15) is 0 Å². The third-order valence-electron chi connectivity index (χ3n) is 3.25. The second-order valence-corrected chi connectivity index (χ2v) is 7.77. The first-order valence-electron chi connectivity index (χ1n) is 6.82. The molecule has 0 saturated heterocycles. The van der Waals surface area contributed by atoms with Gasteiger partial charge in [0.05, 0.1) is 11.7 Å². The molecule has 1 unspecified atom stereocenters. The number of rotatable bonds is 3. The molecule has 4 nitrogen and oxygen atoms in total. The molecule has 1 aromatic carbocycles. The number of para-hydroxylation sites is 1. The van der Waals surface area contributed by atoms with E-state index in [1.165, 1.54) is 11.3 Å². The van der Waals surface area contributed by atoms with Crippen molar-refractivity contribution in [1.82, 2.24) is 10.1 Å². The Morgan fingerprint density at radius 2 is 2.15 bits per heavy atom. The highest BCUT2D eigenvalue weighted by Gasteiger charge is 2.28. The summed E-state index contributed by atoms with van der Waals surface area (Å²) in [5.41, 5.74) is 2.41. The van der Waals surface area contributed by atoms with E-state index in [0.29, 0.717) is 5.89 Å². The van der Waals surface area contributed by atoms with E-state index >= 15 is 0 Å². The van der Waals surface area contributed by atoms with E-state index in [0.717, 1.165) is 18.1 Å². The second kappa shape index (κ2) is 5.13. The zero-order valence-corrected chi connectivity index (χ0v) is 12.8. The second-order valence-electron chi connectivity index (χ2n) is 5.97. The maximum Gasteiger partial charge on any atom is 0.236 e. The Morgan fingerprint density at radius 3 is 2.95 bits per heavy atom. The van der Waals surface area contributed by atoms with Crippen molar-refractivity contribution in [3.8, 4) is 0 Å².